The van der Waals surface area contributed by atoms with Crippen LogP contribution < -0.4 is 15.1 Å². The van der Waals surface area contributed by atoms with Crippen LogP contribution in [0.3, 0.4) is 0 Å². The molecule has 228 valence electrons. The fourth-order valence-electron chi connectivity index (χ4n) is 9.04. The SMILES string of the molecule is CN1CC=CC2c3ccccc3N(c3cc(N4c5cccnc5C56CC45C=CCN6)nc(-n4c5ccccc5c5cccnc54)n3)C21. The maximum atomic E-state index is 5.46. The van der Waals surface area contributed by atoms with Crippen molar-refractivity contribution in [2.75, 3.05) is 29.9 Å². The number of para-hydroxylation sites is 2. The lowest BCUT2D eigenvalue weighted by molar-refractivity contribution is 0.250. The molecule has 0 saturated heterocycles. The quantitative estimate of drug-likeness (QED) is 0.241. The van der Waals surface area contributed by atoms with Gasteiger partial charge in [0.15, 0.2) is 0 Å². The van der Waals surface area contributed by atoms with E-state index < -0.39 is 0 Å². The second-order valence-electron chi connectivity index (χ2n) is 13.3. The lowest BCUT2D eigenvalue weighted by atomic mass is 9.96. The fourth-order valence-corrected chi connectivity index (χ4v) is 9.04. The van der Waals surface area contributed by atoms with E-state index in [0.717, 1.165) is 64.5 Å². The van der Waals surface area contributed by atoms with E-state index in [0.29, 0.717) is 5.95 Å². The van der Waals surface area contributed by atoms with Gasteiger partial charge in [-0.05, 0) is 49.0 Å². The Hall–Kier alpha value is -5.38. The van der Waals surface area contributed by atoms with Crippen molar-refractivity contribution in [1.82, 2.24) is 34.7 Å². The van der Waals surface area contributed by atoms with Crippen molar-refractivity contribution in [3.63, 3.8) is 0 Å². The second kappa shape index (κ2) is 8.90. The van der Waals surface area contributed by atoms with E-state index in [2.05, 4.69) is 123 Å². The third-order valence-electron chi connectivity index (χ3n) is 11.0. The van der Waals surface area contributed by atoms with Gasteiger partial charge in [0.05, 0.1) is 34.1 Å². The van der Waals surface area contributed by atoms with Gasteiger partial charge < -0.3 is 15.1 Å². The van der Waals surface area contributed by atoms with E-state index in [-0.39, 0.29) is 23.2 Å². The van der Waals surface area contributed by atoms with E-state index in [1.165, 1.54) is 11.3 Å². The molecule has 0 spiro atoms. The zero-order chi connectivity index (χ0) is 30.9. The summed E-state index contributed by atoms with van der Waals surface area (Å²) in [7, 11) is 2.21. The van der Waals surface area contributed by atoms with Gasteiger partial charge in [0.1, 0.15) is 17.3 Å². The average molecular weight is 614 g/mol. The Morgan fingerprint density at radius 1 is 0.830 bits per heavy atom. The molecule has 8 heterocycles. The zero-order valence-electron chi connectivity index (χ0n) is 25.8. The summed E-state index contributed by atoms with van der Waals surface area (Å²) >= 11 is 0. The number of likely N-dealkylation sites (N-methyl/N-ethyl adjacent to an activating group) is 1. The molecule has 9 nitrogen and oxygen atoms in total. The van der Waals surface area contributed by atoms with E-state index in [4.69, 9.17) is 19.9 Å². The molecule has 1 N–H and O–H groups in total. The molecule has 0 amide bonds. The van der Waals surface area contributed by atoms with E-state index in [1.807, 2.05) is 24.5 Å². The van der Waals surface area contributed by atoms with E-state index in [9.17, 15) is 0 Å². The van der Waals surface area contributed by atoms with Crippen LogP contribution in [0.1, 0.15) is 23.6 Å². The Kier molecular flexibility index (Phi) is 4.88. The van der Waals surface area contributed by atoms with Crippen molar-refractivity contribution in [1.29, 1.82) is 0 Å². The van der Waals surface area contributed by atoms with Crippen molar-refractivity contribution in [2.24, 2.45) is 0 Å². The molecular weight excluding hydrogens is 582 g/mol. The average Bonchev–Trinajstić information content (AvgIpc) is 3.38. The van der Waals surface area contributed by atoms with Crippen molar-refractivity contribution in [2.45, 2.75) is 29.6 Å². The van der Waals surface area contributed by atoms with Gasteiger partial charge in [-0.3, -0.25) is 14.5 Å². The van der Waals surface area contributed by atoms with Gasteiger partial charge in [-0.25, -0.2) is 4.98 Å². The Balaban J connectivity index is 1.21. The van der Waals surface area contributed by atoms with Gasteiger partial charge in [0.2, 0.25) is 5.95 Å². The fraction of sp³-hybridized carbons (Fsp3) is 0.211. The minimum Gasteiger partial charge on any atom is -0.312 e. The largest absolute Gasteiger partial charge is 0.312 e. The van der Waals surface area contributed by atoms with Crippen LogP contribution in [0.5, 0.6) is 0 Å². The first-order chi connectivity index (χ1) is 23.2. The molecule has 4 aliphatic heterocycles. The van der Waals surface area contributed by atoms with E-state index >= 15 is 0 Å². The molecule has 47 heavy (non-hydrogen) atoms. The summed E-state index contributed by atoms with van der Waals surface area (Å²) in [4.78, 5) is 28.0. The Bertz CT molecular complexity index is 2310. The van der Waals surface area contributed by atoms with Gasteiger partial charge in [-0.2, -0.15) is 9.97 Å². The minimum atomic E-state index is -0.278. The summed E-state index contributed by atoms with van der Waals surface area (Å²) in [6.07, 6.45) is 14.1. The van der Waals surface area contributed by atoms with Crippen LogP contribution in [0.25, 0.3) is 27.9 Å². The van der Waals surface area contributed by atoms with Crippen LogP contribution in [-0.2, 0) is 5.54 Å². The monoisotopic (exact) mass is 613 g/mol. The molecule has 1 saturated carbocycles. The van der Waals surface area contributed by atoms with Gasteiger partial charge >= 0.3 is 0 Å². The summed E-state index contributed by atoms with van der Waals surface area (Å²) in [5.74, 6) is 2.55. The Morgan fingerprint density at radius 3 is 2.62 bits per heavy atom. The standard InChI is InChI=1S/C38H31N9/c1-44-21-8-13-27-25-11-3-4-14-28(25)45(35(27)44)31-22-32(47-30-16-7-18-39-33(30)38-23-37(38,47)17-9-20-41-38)43-36(42-31)46-29-15-5-2-10-24(29)26-12-6-19-40-34(26)46/h2-19,22,27,35,41H,20-21,23H2,1H3. The topological polar surface area (TPSA) is 78.2 Å². The third-order valence-corrected chi connectivity index (χ3v) is 11.0. The van der Waals surface area contributed by atoms with Crippen LogP contribution in [0, 0.1) is 0 Å². The number of fused-ring (bicyclic) bond motifs is 7. The van der Waals surface area contributed by atoms with Crippen LogP contribution in [0.15, 0.2) is 116 Å². The normalized spacial score (nSPS) is 26.7. The minimum absolute atomic E-state index is 0.0891. The first-order valence-electron chi connectivity index (χ1n) is 16.4. The van der Waals surface area contributed by atoms with Crippen molar-refractivity contribution >= 4 is 44.9 Å². The number of nitrogens with zero attached hydrogens (tertiary/aromatic N) is 8. The summed E-state index contributed by atoms with van der Waals surface area (Å²) < 4.78 is 2.13. The Morgan fingerprint density at radius 2 is 1.64 bits per heavy atom. The van der Waals surface area contributed by atoms with Crippen molar-refractivity contribution < 1.29 is 0 Å². The van der Waals surface area contributed by atoms with Gasteiger partial charge in [-0.1, -0.05) is 60.7 Å². The number of hydrogen-bond acceptors (Lipinski definition) is 8. The molecule has 0 bridgehead atoms. The maximum absolute atomic E-state index is 5.46. The lowest BCUT2D eigenvalue weighted by Crippen LogP contribution is -2.46. The molecule has 4 aromatic heterocycles. The highest BCUT2D eigenvalue weighted by molar-refractivity contribution is 6.07. The summed E-state index contributed by atoms with van der Waals surface area (Å²) in [6.45, 7) is 1.70. The number of rotatable bonds is 3. The summed E-state index contributed by atoms with van der Waals surface area (Å²) in [5, 5.41) is 6.03. The first-order valence-corrected chi connectivity index (χ1v) is 16.4. The molecule has 0 radical (unpaired) electrons. The molecule has 11 rings (SSSR count). The van der Waals surface area contributed by atoms with Crippen LogP contribution in [-0.4, -0.2) is 61.2 Å². The lowest BCUT2D eigenvalue weighted by Gasteiger charge is -2.38. The number of pyridine rings is 2. The smallest absolute Gasteiger partial charge is 0.239 e. The first kappa shape index (κ1) is 25.8. The molecule has 1 aliphatic carbocycles. The highest BCUT2D eigenvalue weighted by Gasteiger charge is 2.77. The number of aromatic nitrogens is 5. The molecule has 2 aromatic carbocycles. The number of hydrogen-bond donors (Lipinski definition) is 1. The summed E-state index contributed by atoms with van der Waals surface area (Å²) in [6, 6.07) is 27.8. The molecule has 4 unspecified atom stereocenters. The predicted octanol–water partition coefficient (Wildman–Crippen LogP) is 6.08. The molecule has 5 aliphatic rings. The Labute approximate surface area is 271 Å². The van der Waals surface area contributed by atoms with Crippen LogP contribution >= 0.6 is 0 Å². The van der Waals surface area contributed by atoms with E-state index in [1.54, 1.807) is 0 Å². The molecule has 9 heteroatoms. The summed E-state index contributed by atoms with van der Waals surface area (Å²) in [5.41, 5.74) is 6.05. The molecule has 4 atom stereocenters. The highest BCUT2D eigenvalue weighted by Crippen LogP contribution is 2.70. The van der Waals surface area contributed by atoms with Crippen LogP contribution in [0.2, 0.25) is 0 Å². The highest BCUT2D eigenvalue weighted by atomic mass is 15.4. The van der Waals surface area contributed by atoms with Gasteiger partial charge in [-0.15, -0.1) is 0 Å². The van der Waals surface area contributed by atoms with Crippen molar-refractivity contribution in [3.8, 4) is 5.95 Å². The second-order valence-corrected chi connectivity index (χ2v) is 13.3. The molecule has 6 aromatic rings. The van der Waals surface area contributed by atoms with Crippen molar-refractivity contribution in [3.05, 3.63) is 127 Å². The maximum Gasteiger partial charge on any atom is 0.239 e. The van der Waals surface area contributed by atoms with Gasteiger partial charge in [0.25, 0.3) is 0 Å². The third kappa shape index (κ3) is 3.15. The zero-order valence-corrected chi connectivity index (χ0v) is 25.8. The number of benzene rings is 2. The number of anilines is 4. The number of nitrogens with one attached hydrogen (secondary N) is 1. The molecule has 1 fully saturated rings. The molecular formula is C38H31N9. The van der Waals surface area contributed by atoms with Crippen LogP contribution in [0.4, 0.5) is 23.0 Å². The van der Waals surface area contributed by atoms with Gasteiger partial charge in [0, 0.05) is 60.3 Å². The predicted molar refractivity (Wildman–Crippen MR) is 184 cm³/mol.